The van der Waals surface area contributed by atoms with Gasteiger partial charge in [0.25, 0.3) is 0 Å². The van der Waals surface area contributed by atoms with Crippen LogP contribution in [0.15, 0.2) is 78.9 Å². The molecule has 1 aliphatic rings. The predicted molar refractivity (Wildman–Crippen MR) is 160 cm³/mol. The minimum absolute atomic E-state index is 0.00612. The van der Waals surface area contributed by atoms with Crippen LogP contribution in [0.4, 0.5) is 10.5 Å². The number of piperidine rings is 1. The van der Waals surface area contributed by atoms with Crippen LogP contribution in [0.5, 0.6) is 0 Å². The second kappa shape index (κ2) is 13.5. The molecule has 0 spiro atoms. The van der Waals surface area contributed by atoms with Gasteiger partial charge in [-0.05, 0) is 59.3 Å². The first kappa shape index (κ1) is 28.4. The summed E-state index contributed by atoms with van der Waals surface area (Å²) in [5.41, 5.74) is 5.43. The molecule has 39 heavy (non-hydrogen) atoms. The van der Waals surface area contributed by atoms with Gasteiger partial charge in [-0.2, -0.15) is 0 Å². The molecule has 5 heteroatoms. The van der Waals surface area contributed by atoms with Crippen LogP contribution < -0.4 is 10.6 Å². The van der Waals surface area contributed by atoms with Crippen molar-refractivity contribution in [2.24, 2.45) is 5.92 Å². The lowest BCUT2D eigenvalue weighted by atomic mass is 9.90. The number of amides is 3. The molecule has 0 aromatic heterocycles. The van der Waals surface area contributed by atoms with Gasteiger partial charge in [0.2, 0.25) is 5.91 Å². The Morgan fingerprint density at radius 1 is 0.769 bits per heavy atom. The van der Waals surface area contributed by atoms with Gasteiger partial charge in [-0.15, -0.1) is 0 Å². The van der Waals surface area contributed by atoms with Crippen LogP contribution in [-0.4, -0.2) is 36.0 Å². The minimum atomic E-state index is -0.633. The topological polar surface area (TPSA) is 61.4 Å². The van der Waals surface area contributed by atoms with E-state index in [1.165, 1.54) is 5.56 Å². The molecule has 2 N–H and O–H groups in total. The van der Waals surface area contributed by atoms with E-state index in [1.807, 2.05) is 41.3 Å². The summed E-state index contributed by atoms with van der Waals surface area (Å²) in [6, 6.07) is 25.7. The van der Waals surface area contributed by atoms with Gasteiger partial charge in [-0.1, -0.05) is 107 Å². The number of anilines is 1. The first-order valence-corrected chi connectivity index (χ1v) is 14.4. The minimum Gasteiger partial charge on any atom is -0.341 e. The smallest absolute Gasteiger partial charge is 0.319 e. The van der Waals surface area contributed by atoms with Crippen molar-refractivity contribution in [2.75, 3.05) is 18.4 Å². The molecule has 206 valence electrons. The molecular formula is C34H43N3O2. The summed E-state index contributed by atoms with van der Waals surface area (Å²) >= 11 is 0. The van der Waals surface area contributed by atoms with E-state index in [1.54, 1.807) is 0 Å². The van der Waals surface area contributed by atoms with E-state index in [2.05, 4.69) is 80.8 Å². The van der Waals surface area contributed by atoms with E-state index < -0.39 is 6.04 Å². The largest absolute Gasteiger partial charge is 0.341 e. The average Bonchev–Trinajstić information content (AvgIpc) is 2.93. The molecule has 0 aliphatic carbocycles. The van der Waals surface area contributed by atoms with Crippen molar-refractivity contribution in [2.45, 2.75) is 71.3 Å². The molecule has 3 aromatic carbocycles. The van der Waals surface area contributed by atoms with E-state index >= 15 is 0 Å². The van der Waals surface area contributed by atoms with Crippen molar-refractivity contribution in [1.82, 2.24) is 10.2 Å². The summed E-state index contributed by atoms with van der Waals surface area (Å²) < 4.78 is 0. The summed E-state index contributed by atoms with van der Waals surface area (Å²) in [6.07, 6.45) is 3.46. The molecule has 1 atom stereocenters. The van der Waals surface area contributed by atoms with Crippen molar-refractivity contribution >= 4 is 17.6 Å². The lowest BCUT2D eigenvalue weighted by Crippen LogP contribution is -2.52. The highest BCUT2D eigenvalue weighted by Gasteiger charge is 2.30. The fourth-order valence-corrected chi connectivity index (χ4v) is 5.58. The third kappa shape index (κ3) is 7.72. The van der Waals surface area contributed by atoms with Gasteiger partial charge < -0.3 is 15.5 Å². The number of urea groups is 1. The van der Waals surface area contributed by atoms with E-state index in [0.717, 1.165) is 54.7 Å². The fraction of sp³-hybridized carbons (Fsp3) is 0.412. The van der Waals surface area contributed by atoms with Crippen LogP contribution in [0.25, 0.3) is 0 Å². The number of rotatable bonds is 9. The Hall–Kier alpha value is -3.60. The van der Waals surface area contributed by atoms with Gasteiger partial charge in [0, 0.05) is 25.2 Å². The summed E-state index contributed by atoms with van der Waals surface area (Å²) in [5, 5.41) is 6.18. The molecule has 3 aromatic rings. The SMILES string of the molecule is CC(C)c1cccc(C(C)C)c1NC(=O)NC(Cc1ccccc1)C(=O)N1CCC(Cc2ccccc2)CC1. The molecule has 5 nitrogen and oxygen atoms in total. The Balaban J connectivity index is 1.46. The quantitative estimate of drug-likeness (QED) is 0.312. The molecule has 1 saturated heterocycles. The highest BCUT2D eigenvalue weighted by Crippen LogP contribution is 2.32. The summed E-state index contributed by atoms with van der Waals surface area (Å²) in [5.74, 6) is 1.09. The van der Waals surface area contributed by atoms with E-state index in [4.69, 9.17) is 0 Å². The molecule has 4 rings (SSSR count). The number of benzene rings is 3. The summed E-state index contributed by atoms with van der Waals surface area (Å²) in [7, 11) is 0. The Morgan fingerprint density at radius 2 is 1.31 bits per heavy atom. The maximum Gasteiger partial charge on any atom is 0.319 e. The molecule has 3 amide bonds. The Kier molecular flexibility index (Phi) is 9.80. The number of nitrogens with one attached hydrogen (secondary N) is 2. The first-order valence-electron chi connectivity index (χ1n) is 14.4. The van der Waals surface area contributed by atoms with Crippen molar-refractivity contribution < 1.29 is 9.59 Å². The van der Waals surface area contributed by atoms with Crippen LogP contribution in [0.2, 0.25) is 0 Å². The Morgan fingerprint density at radius 3 is 1.85 bits per heavy atom. The fourth-order valence-electron chi connectivity index (χ4n) is 5.58. The zero-order chi connectivity index (χ0) is 27.8. The molecule has 1 heterocycles. The number of hydrogen-bond acceptors (Lipinski definition) is 2. The zero-order valence-electron chi connectivity index (χ0n) is 23.8. The molecular weight excluding hydrogens is 482 g/mol. The average molecular weight is 526 g/mol. The van der Waals surface area contributed by atoms with Gasteiger partial charge in [0.1, 0.15) is 6.04 Å². The van der Waals surface area contributed by atoms with Crippen LogP contribution in [0, 0.1) is 5.92 Å². The highest BCUT2D eigenvalue weighted by molar-refractivity contribution is 5.95. The van der Waals surface area contributed by atoms with Crippen LogP contribution in [-0.2, 0) is 17.6 Å². The van der Waals surface area contributed by atoms with Crippen molar-refractivity contribution in [3.63, 3.8) is 0 Å². The van der Waals surface area contributed by atoms with Gasteiger partial charge in [-0.25, -0.2) is 4.79 Å². The van der Waals surface area contributed by atoms with Crippen molar-refractivity contribution in [3.05, 3.63) is 101 Å². The first-order chi connectivity index (χ1) is 18.8. The molecule has 1 fully saturated rings. The molecule has 1 unspecified atom stereocenters. The maximum atomic E-state index is 13.8. The van der Waals surface area contributed by atoms with Gasteiger partial charge >= 0.3 is 6.03 Å². The predicted octanol–water partition coefficient (Wildman–Crippen LogP) is 7.15. The number of carbonyl (C=O) groups is 2. The second-order valence-electron chi connectivity index (χ2n) is 11.4. The molecule has 0 saturated carbocycles. The van der Waals surface area contributed by atoms with Gasteiger partial charge in [0.05, 0.1) is 0 Å². The monoisotopic (exact) mass is 525 g/mol. The normalized spacial score (nSPS) is 14.9. The highest BCUT2D eigenvalue weighted by atomic mass is 16.2. The van der Waals surface area contributed by atoms with E-state index in [-0.39, 0.29) is 23.8 Å². The third-order valence-electron chi connectivity index (χ3n) is 7.79. The van der Waals surface area contributed by atoms with Crippen molar-refractivity contribution in [3.8, 4) is 0 Å². The standard InChI is InChI=1S/C34H43N3O2/c1-24(2)29-16-11-17-30(25(3)4)32(29)36-34(39)35-31(23-27-14-9-6-10-15-27)33(38)37-20-18-28(19-21-37)22-26-12-7-5-8-13-26/h5-17,24-25,28,31H,18-23H2,1-4H3,(H2,35,36,39). The summed E-state index contributed by atoms with van der Waals surface area (Å²) in [4.78, 5) is 29.1. The Labute approximate surface area is 234 Å². The number of carbonyl (C=O) groups excluding carboxylic acids is 2. The van der Waals surface area contributed by atoms with Crippen LogP contribution >= 0.6 is 0 Å². The van der Waals surface area contributed by atoms with Gasteiger partial charge in [0.15, 0.2) is 0 Å². The Bertz CT molecular complexity index is 1190. The lowest BCUT2D eigenvalue weighted by molar-refractivity contribution is -0.134. The molecule has 1 aliphatic heterocycles. The number of para-hydroxylation sites is 1. The number of nitrogens with zero attached hydrogens (tertiary/aromatic N) is 1. The number of hydrogen-bond donors (Lipinski definition) is 2. The van der Waals surface area contributed by atoms with Crippen LogP contribution in [0.1, 0.15) is 74.6 Å². The number of likely N-dealkylation sites (tertiary alicyclic amines) is 1. The maximum absolute atomic E-state index is 13.8. The van der Waals surface area contributed by atoms with Crippen LogP contribution in [0.3, 0.4) is 0 Å². The summed E-state index contributed by atoms with van der Waals surface area (Å²) in [6.45, 7) is 9.96. The lowest BCUT2D eigenvalue weighted by Gasteiger charge is -2.34. The van der Waals surface area contributed by atoms with Crippen molar-refractivity contribution in [1.29, 1.82) is 0 Å². The third-order valence-corrected chi connectivity index (χ3v) is 7.79. The second-order valence-corrected chi connectivity index (χ2v) is 11.4. The zero-order valence-corrected chi connectivity index (χ0v) is 23.8. The van der Waals surface area contributed by atoms with E-state index in [0.29, 0.717) is 12.3 Å². The van der Waals surface area contributed by atoms with E-state index in [9.17, 15) is 9.59 Å². The molecule has 0 radical (unpaired) electrons. The molecule has 0 bridgehead atoms. The van der Waals surface area contributed by atoms with Gasteiger partial charge in [-0.3, -0.25) is 4.79 Å².